The summed E-state index contributed by atoms with van der Waals surface area (Å²) in [7, 11) is 0. The Morgan fingerprint density at radius 3 is 0.688 bits per heavy atom. The van der Waals surface area contributed by atoms with E-state index >= 15 is 0 Å². The molecule has 0 amide bonds. The van der Waals surface area contributed by atoms with Crippen LogP contribution in [-0.4, -0.2) is 0 Å². The normalized spacial score (nSPS) is 6.88. The molecule has 0 atom stereocenters. The SMILES string of the molecule is CC.CC.CC.CC.[Y].[Y].[c-]1ccccc1.[c-]1ccccc1.c1ccc2ccccc2c1. The molecule has 0 bridgehead atoms. The zero-order chi connectivity index (χ0) is 23.3. The molecule has 32 heavy (non-hydrogen) atoms. The quantitative estimate of drug-likeness (QED) is 0.182. The predicted octanol–water partition coefficient (Wildman–Crippen LogP) is 9.91. The van der Waals surface area contributed by atoms with Crippen LogP contribution >= 0.6 is 0 Å². The first-order valence-electron chi connectivity index (χ1n) is 11.2. The Bertz CT molecular complexity index is 591. The summed E-state index contributed by atoms with van der Waals surface area (Å²) in [5.41, 5.74) is 0. The van der Waals surface area contributed by atoms with Crippen LogP contribution in [0.5, 0.6) is 0 Å². The van der Waals surface area contributed by atoms with E-state index in [2.05, 4.69) is 60.7 Å². The van der Waals surface area contributed by atoms with Crippen LogP contribution in [-0.2, 0) is 65.4 Å². The van der Waals surface area contributed by atoms with Gasteiger partial charge in [0, 0.05) is 65.4 Å². The minimum atomic E-state index is 0. The zero-order valence-corrected chi connectivity index (χ0v) is 27.2. The van der Waals surface area contributed by atoms with Gasteiger partial charge in [-0.2, -0.15) is 72.8 Å². The molecule has 4 rings (SSSR count). The molecule has 0 aliphatic carbocycles. The van der Waals surface area contributed by atoms with Crippen molar-refractivity contribution in [2.75, 3.05) is 0 Å². The van der Waals surface area contributed by atoms with E-state index in [9.17, 15) is 0 Å². The third-order valence-corrected chi connectivity index (χ3v) is 2.87. The second-order valence-corrected chi connectivity index (χ2v) is 4.50. The van der Waals surface area contributed by atoms with Gasteiger partial charge in [0.2, 0.25) is 0 Å². The predicted molar refractivity (Wildman–Crippen MR) is 140 cm³/mol. The summed E-state index contributed by atoms with van der Waals surface area (Å²) >= 11 is 0. The van der Waals surface area contributed by atoms with E-state index in [4.69, 9.17) is 0 Å². The van der Waals surface area contributed by atoms with Gasteiger partial charge in [0.1, 0.15) is 0 Å². The summed E-state index contributed by atoms with van der Waals surface area (Å²) in [5, 5.41) is 2.62. The molecule has 0 spiro atoms. The molecule has 0 saturated heterocycles. The Hall–Kier alpha value is -0.652. The van der Waals surface area contributed by atoms with Gasteiger partial charge in [-0.1, -0.05) is 104 Å². The maximum atomic E-state index is 2.89. The van der Waals surface area contributed by atoms with Gasteiger partial charge in [-0.3, -0.25) is 0 Å². The fraction of sp³-hybridized carbons (Fsp3) is 0.267. The fourth-order valence-corrected chi connectivity index (χ4v) is 1.82. The van der Waals surface area contributed by atoms with Crippen molar-refractivity contribution in [3.8, 4) is 0 Å². The molecule has 0 aliphatic rings. The van der Waals surface area contributed by atoms with Crippen molar-refractivity contribution in [1.29, 1.82) is 0 Å². The van der Waals surface area contributed by atoms with E-state index < -0.39 is 0 Å². The largest absolute Gasteiger partial charge is 0.184 e. The minimum Gasteiger partial charge on any atom is -0.184 e. The standard InChI is InChI=1S/C10H8.2C6H5.4C2H6.2Y/c1-2-6-10-8-4-3-7-9(10)5-1;2*1-2-4-6-5-3-1;4*1-2;;/h1-8H;2*1-5H;4*1-2H3;;/q;2*-1;;;;;;. The molecular weight excluding hydrogens is 538 g/mol. The van der Waals surface area contributed by atoms with E-state index in [0.717, 1.165) is 0 Å². The van der Waals surface area contributed by atoms with Crippen LogP contribution < -0.4 is 0 Å². The van der Waals surface area contributed by atoms with E-state index in [-0.39, 0.29) is 65.4 Å². The van der Waals surface area contributed by atoms with Gasteiger partial charge < -0.3 is 0 Å². The van der Waals surface area contributed by atoms with E-state index in [1.807, 2.05) is 116 Å². The number of hydrogen-bond donors (Lipinski definition) is 0. The summed E-state index contributed by atoms with van der Waals surface area (Å²) in [6.45, 7) is 16.0. The molecule has 0 N–H and O–H groups in total. The molecule has 0 saturated carbocycles. The number of rotatable bonds is 0. The molecule has 4 aromatic rings. The molecule has 2 heteroatoms. The Labute approximate surface area is 250 Å². The summed E-state index contributed by atoms with van der Waals surface area (Å²) in [5.74, 6) is 0. The van der Waals surface area contributed by atoms with Gasteiger partial charge in [0.05, 0.1) is 0 Å². The second kappa shape index (κ2) is 40.7. The second-order valence-electron chi connectivity index (χ2n) is 4.50. The Kier molecular flexibility index (Phi) is 52.9. The molecule has 0 fully saturated rings. The molecule has 4 aromatic carbocycles. The topological polar surface area (TPSA) is 0 Å². The molecule has 170 valence electrons. The van der Waals surface area contributed by atoms with Crippen LogP contribution in [0.25, 0.3) is 10.8 Å². The maximum absolute atomic E-state index is 2.89. The van der Waals surface area contributed by atoms with Crippen molar-refractivity contribution in [1.82, 2.24) is 0 Å². The smallest absolute Gasteiger partial charge is 0 e. The van der Waals surface area contributed by atoms with Gasteiger partial charge in [0.15, 0.2) is 0 Å². The average Bonchev–Trinajstić information content (AvgIpc) is 2.92. The fourth-order valence-electron chi connectivity index (χ4n) is 1.82. The number of fused-ring (bicyclic) bond motifs is 1. The van der Waals surface area contributed by atoms with Gasteiger partial charge in [-0.25, -0.2) is 0 Å². The van der Waals surface area contributed by atoms with E-state index in [1.165, 1.54) is 10.8 Å². The third-order valence-electron chi connectivity index (χ3n) is 2.87. The summed E-state index contributed by atoms with van der Waals surface area (Å²) in [6.07, 6.45) is 0. The Balaban J connectivity index is -0.0000000985. The number of benzene rings is 4. The van der Waals surface area contributed by atoms with Crippen molar-refractivity contribution >= 4 is 10.8 Å². The Morgan fingerprint density at radius 1 is 0.344 bits per heavy atom. The Morgan fingerprint density at radius 2 is 0.562 bits per heavy atom. The molecule has 0 nitrogen and oxygen atoms in total. The first kappa shape index (κ1) is 41.6. The van der Waals surface area contributed by atoms with Crippen molar-refractivity contribution in [3.05, 3.63) is 121 Å². The molecule has 2 radical (unpaired) electrons. The van der Waals surface area contributed by atoms with E-state index in [0.29, 0.717) is 0 Å². The average molecular weight is 580 g/mol. The summed E-state index contributed by atoms with van der Waals surface area (Å²) in [4.78, 5) is 0. The molecule has 0 heterocycles. The van der Waals surface area contributed by atoms with Gasteiger partial charge in [0.25, 0.3) is 0 Å². The van der Waals surface area contributed by atoms with Crippen LogP contribution in [0.4, 0.5) is 0 Å². The van der Waals surface area contributed by atoms with Gasteiger partial charge in [-0.05, 0) is 10.8 Å². The first-order valence-corrected chi connectivity index (χ1v) is 11.2. The number of hydrogen-bond acceptors (Lipinski definition) is 0. The molecule has 0 unspecified atom stereocenters. The first-order chi connectivity index (χ1) is 15.0. The summed E-state index contributed by atoms with van der Waals surface area (Å²) in [6, 6.07) is 41.7. The van der Waals surface area contributed by atoms with E-state index in [1.54, 1.807) is 0 Å². The third kappa shape index (κ3) is 27.4. The van der Waals surface area contributed by atoms with Gasteiger partial charge in [-0.15, -0.1) is 0 Å². The van der Waals surface area contributed by atoms with Crippen LogP contribution in [0, 0.1) is 12.1 Å². The zero-order valence-electron chi connectivity index (χ0n) is 21.5. The van der Waals surface area contributed by atoms with Crippen molar-refractivity contribution in [3.63, 3.8) is 0 Å². The monoisotopic (exact) mass is 580 g/mol. The molecule has 0 aliphatic heterocycles. The molecule has 0 aromatic heterocycles. The minimum absolute atomic E-state index is 0. The van der Waals surface area contributed by atoms with Crippen molar-refractivity contribution in [2.45, 2.75) is 55.4 Å². The van der Waals surface area contributed by atoms with Crippen LogP contribution in [0.1, 0.15) is 55.4 Å². The van der Waals surface area contributed by atoms with Gasteiger partial charge >= 0.3 is 0 Å². The van der Waals surface area contributed by atoms with Crippen molar-refractivity contribution in [2.24, 2.45) is 0 Å². The van der Waals surface area contributed by atoms with Crippen LogP contribution in [0.15, 0.2) is 109 Å². The van der Waals surface area contributed by atoms with Crippen molar-refractivity contribution < 1.29 is 65.4 Å². The molecular formula is C30H42Y2-2. The van der Waals surface area contributed by atoms with Crippen LogP contribution in [0.2, 0.25) is 0 Å². The van der Waals surface area contributed by atoms with Crippen LogP contribution in [0.3, 0.4) is 0 Å². The summed E-state index contributed by atoms with van der Waals surface area (Å²) < 4.78 is 0. The maximum Gasteiger partial charge on any atom is 0 e.